The first-order chi connectivity index (χ1) is 35.0. The maximum absolute atomic E-state index is 14.2. The number of rotatable bonds is 19. The molecule has 414 valence electrons. The van der Waals surface area contributed by atoms with Gasteiger partial charge < -0.3 is 64.2 Å². The van der Waals surface area contributed by atoms with Crippen LogP contribution in [0.15, 0.2) is 48.5 Å². The van der Waals surface area contributed by atoms with Gasteiger partial charge in [0.15, 0.2) is 11.4 Å². The number of alkyl halides is 10. The van der Waals surface area contributed by atoms with Crippen molar-refractivity contribution in [2.45, 2.75) is 125 Å². The summed E-state index contributed by atoms with van der Waals surface area (Å²) in [6, 6.07) is 9.38. The fourth-order valence-electron chi connectivity index (χ4n) is 7.82. The number of aliphatic hydroxyl groups excluding tert-OH is 7. The Bertz CT molecular complexity index is 2380. The second-order valence-corrected chi connectivity index (χ2v) is 17.0. The van der Waals surface area contributed by atoms with E-state index in [0.29, 0.717) is 24.0 Å². The van der Waals surface area contributed by atoms with Crippen LogP contribution in [0.2, 0.25) is 0 Å². The fraction of sp³-hybridized carbons (Fsp3) is 0.587. The SMILES string of the molecule is CCc1ccc(Cc2c(OC3OC(CO)C(O)C(O)C3O)nn(C(CF)CF)c2C(F)(F)F)cc1.CCc1ccc(Cc2c(OC3OC(COC(=O)OC)C(O)C(O)C3O)nn(C(CF)CF)c2C(F)(F)F)cc1. The minimum atomic E-state index is -5.12. The molecule has 2 aromatic carbocycles. The molecule has 7 N–H and O–H groups in total. The molecule has 10 atom stereocenters. The third-order valence-electron chi connectivity index (χ3n) is 12.0. The molecule has 4 heterocycles. The summed E-state index contributed by atoms with van der Waals surface area (Å²) >= 11 is 0. The van der Waals surface area contributed by atoms with Crippen LogP contribution < -0.4 is 9.47 Å². The summed E-state index contributed by atoms with van der Waals surface area (Å²) in [5.74, 6) is -1.50. The van der Waals surface area contributed by atoms with Crippen molar-refractivity contribution in [1.29, 1.82) is 0 Å². The van der Waals surface area contributed by atoms with Gasteiger partial charge in [-0.15, -0.1) is 10.2 Å². The molecule has 0 radical (unpaired) electrons. The lowest BCUT2D eigenvalue weighted by molar-refractivity contribution is -0.278. The molecule has 74 heavy (non-hydrogen) atoms. The maximum Gasteiger partial charge on any atom is 0.508 e. The van der Waals surface area contributed by atoms with E-state index in [4.69, 9.17) is 18.9 Å². The minimum Gasteiger partial charge on any atom is -0.443 e. The van der Waals surface area contributed by atoms with Crippen molar-refractivity contribution >= 4 is 6.16 Å². The fourth-order valence-corrected chi connectivity index (χ4v) is 7.82. The number of carbonyl (C=O) groups excluding carboxylic acids is 1. The lowest BCUT2D eigenvalue weighted by Gasteiger charge is -2.39. The van der Waals surface area contributed by atoms with Crippen molar-refractivity contribution in [2.75, 3.05) is 47.0 Å². The lowest BCUT2D eigenvalue weighted by atomic mass is 9.99. The topological polar surface area (TPSA) is 250 Å². The molecule has 18 nitrogen and oxygen atoms in total. The first kappa shape index (κ1) is 59.5. The van der Waals surface area contributed by atoms with Gasteiger partial charge in [-0.25, -0.2) is 31.7 Å². The Labute approximate surface area is 415 Å². The van der Waals surface area contributed by atoms with Crippen LogP contribution in [0, 0.1) is 0 Å². The molecule has 4 aromatic rings. The van der Waals surface area contributed by atoms with E-state index in [1.165, 1.54) is 0 Å². The van der Waals surface area contributed by atoms with E-state index < -0.39 is 179 Å². The quantitative estimate of drug-likeness (QED) is 0.0513. The van der Waals surface area contributed by atoms with E-state index in [0.717, 1.165) is 18.2 Å². The van der Waals surface area contributed by atoms with E-state index in [1.54, 1.807) is 48.5 Å². The zero-order chi connectivity index (χ0) is 54.8. The Balaban J connectivity index is 0.000000276. The average Bonchev–Trinajstić information content (AvgIpc) is 3.92. The van der Waals surface area contributed by atoms with Gasteiger partial charge in [-0.2, -0.15) is 26.3 Å². The van der Waals surface area contributed by atoms with Crippen LogP contribution in [0.25, 0.3) is 0 Å². The van der Waals surface area contributed by atoms with Crippen LogP contribution >= 0.6 is 0 Å². The smallest absolute Gasteiger partial charge is 0.443 e. The number of nitrogens with zero attached hydrogens (tertiary/aromatic N) is 4. The Morgan fingerprint density at radius 2 is 0.946 bits per heavy atom. The summed E-state index contributed by atoms with van der Waals surface area (Å²) in [5, 5.41) is 77.7. The van der Waals surface area contributed by atoms with Gasteiger partial charge in [-0.3, -0.25) is 0 Å². The summed E-state index contributed by atoms with van der Waals surface area (Å²) in [5.41, 5.74) is -1.39. The number of benzene rings is 2. The van der Waals surface area contributed by atoms with Crippen molar-refractivity contribution in [3.63, 3.8) is 0 Å². The molecular weight excluding hydrogens is 1020 g/mol. The first-order valence-electron chi connectivity index (χ1n) is 22.8. The summed E-state index contributed by atoms with van der Waals surface area (Å²) in [7, 11) is 1.01. The molecule has 0 amide bonds. The molecule has 0 bridgehead atoms. The van der Waals surface area contributed by atoms with E-state index in [-0.39, 0.29) is 9.36 Å². The van der Waals surface area contributed by atoms with Gasteiger partial charge >= 0.3 is 18.5 Å². The number of hydrogen-bond acceptors (Lipinski definition) is 16. The molecule has 6 rings (SSSR count). The van der Waals surface area contributed by atoms with Crippen molar-refractivity contribution in [1.82, 2.24) is 19.6 Å². The molecule has 28 heteroatoms. The Morgan fingerprint density at radius 3 is 1.27 bits per heavy atom. The van der Waals surface area contributed by atoms with E-state index in [2.05, 4.69) is 19.7 Å². The van der Waals surface area contributed by atoms with Crippen molar-refractivity contribution < 1.29 is 113 Å². The molecule has 0 saturated carbocycles. The van der Waals surface area contributed by atoms with Crippen LogP contribution in [0.3, 0.4) is 0 Å². The molecule has 2 saturated heterocycles. The number of halogens is 10. The molecule has 2 aliphatic rings. The maximum atomic E-state index is 14.2. The van der Waals surface area contributed by atoms with Crippen molar-refractivity contribution in [2.24, 2.45) is 0 Å². The molecule has 2 aromatic heterocycles. The number of aliphatic hydroxyl groups is 7. The van der Waals surface area contributed by atoms with Gasteiger partial charge in [-0.1, -0.05) is 62.4 Å². The van der Waals surface area contributed by atoms with E-state index >= 15 is 0 Å². The number of ether oxygens (including phenoxy) is 6. The molecule has 2 fully saturated rings. The van der Waals surface area contributed by atoms with Crippen molar-refractivity contribution in [3.8, 4) is 11.8 Å². The Kier molecular flexibility index (Phi) is 20.9. The summed E-state index contributed by atoms with van der Waals surface area (Å²) < 4.78 is 170. The third kappa shape index (κ3) is 13.9. The highest BCUT2D eigenvalue weighted by molar-refractivity contribution is 5.59. The molecule has 0 spiro atoms. The number of methoxy groups -OCH3 is 1. The van der Waals surface area contributed by atoms with E-state index in [9.17, 15) is 84.4 Å². The van der Waals surface area contributed by atoms with Crippen LogP contribution in [-0.4, -0.2) is 170 Å². The first-order valence-corrected chi connectivity index (χ1v) is 22.8. The monoisotopic (exact) mass is 1080 g/mol. The lowest BCUT2D eigenvalue weighted by Crippen LogP contribution is -2.60. The number of hydrogen-bond donors (Lipinski definition) is 7. The predicted molar refractivity (Wildman–Crippen MR) is 234 cm³/mol. The largest absolute Gasteiger partial charge is 0.508 e. The number of aromatic nitrogens is 4. The van der Waals surface area contributed by atoms with Crippen molar-refractivity contribution in [3.05, 3.63) is 93.3 Å². The molecule has 0 aliphatic carbocycles. The summed E-state index contributed by atoms with van der Waals surface area (Å²) in [6.07, 6.45) is -28.7. The van der Waals surface area contributed by atoms with Gasteiger partial charge in [0, 0.05) is 12.8 Å². The highest BCUT2D eigenvalue weighted by Crippen LogP contribution is 2.42. The molecule has 10 unspecified atom stereocenters. The van der Waals surface area contributed by atoms with E-state index in [1.807, 2.05) is 13.8 Å². The predicted octanol–water partition coefficient (Wildman–Crippen LogP) is 4.22. The second kappa shape index (κ2) is 25.9. The summed E-state index contributed by atoms with van der Waals surface area (Å²) in [4.78, 5) is 11.3. The Hall–Kier alpha value is -5.33. The zero-order valence-corrected chi connectivity index (χ0v) is 39.7. The van der Waals surface area contributed by atoms with Gasteiger partial charge in [0.2, 0.25) is 24.3 Å². The molecule has 2 aliphatic heterocycles. The summed E-state index contributed by atoms with van der Waals surface area (Å²) in [6.45, 7) is -3.65. The van der Waals surface area contributed by atoms with Gasteiger partial charge in [0.05, 0.1) is 24.8 Å². The van der Waals surface area contributed by atoms with Gasteiger partial charge in [0.1, 0.15) is 94.2 Å². The normalized spacial score (nSPS) is 24.4. The zero-order valence-electron chi connectivity index (χ0n) is 39.7. The highest BCUT2D eigenvalue weighted by atomic mass is 19.4. The highest BCUT2D eigenvalue weighted by Gasteiger charge is 2.49. The van der Waals surface area contributed by atoms with Gasteiger partial charge in [0.25, 0.3) is 0 Å². The average molecular weight is 1080 g/mol. The number of aryl methyl sites for hydroxylation is 2. The van der Waals surface area contributed by atoms with Gasteiger partial charge in [-0.05, 0) is 35.1 Å². The van der Waals surface area contributed by atoms with Crippen LogP contribution in [0.1, 0.15) is 70.7 Å². The molecular formula is C46H56F10N4O14. The number of carbonyl (C=O) groups is 1. The third-order valence-corrected chi connectivity index (χ3v) is 12.0. The second-order valence-electron chi connectivity index (χ2n) is 17.0. The van der Waals surface area contributed by atoms with Crippen LogP contribution in [0.5, 0.6) is 11.8 Å². The standard InChI is InChI=1S/C24H29F5N2O8.C22H27F5N2O6/c1-3-12-4-6-13(7-5-12)8-15-20(24(27,28)29)31(14(9-25)10-26)30-21(15)39-22-19(34)18(33)17(32)16(38-22)11-37-23(35)36-2;1-2-11-3-5-12(6-4-11)7-14-19(22(25,26)27)29(13(8-23)9-24)28-20(14)35-21-18(33)17(32)16(31)15(10-30)34-21/h4-7,14,16-19,22,32-34H,3,8-11H2,1-2H3;3-6,13,15-18,21,30-33H,2,7-10H2,1H3. The minimum absolute atomic E-state index is 0.142. The van der Waals surface area contributed by atoms with Crippen LogP contribution in [-0.2, 0) is 57.0 Å². The van der Waals surface area contributed by atoms with Crippen LogP contribution in [0.4, 0.5) is 48.7 Å². The Morgan fingerprint density at radius 1 is 0.595 bits per heavy atom.